The quantitative estimate of drug-likeness (QED) is 0.798. The second-order valence-corrected chi connectivity index (χ2v) is 7.37. The number of benzene rings is 1. The van der Waals surface area contributed by atoms with Crippen LogP contribution < -0.4 is 10.6 Å². The van der Waals surface area contributed by atoms with E-state index in [2.05, 4.69) is 31.4 Å². The Morgan fingerprint density at radius 1 is 1.26 bits per heavy atom. The molecule has 2 amide bonds. The van der Waals surface area contributed by atoms with E-state index in [0.29, 0.717) is 26.1 Å². The van der Waals surface area contributed by atoms with Crippen molar-refractivity contribution >= 4 is 6.03 Å². The molecule has 5 nitrogen and oxygen atoms in total. The number of urea groups is 1. The lowest BCUT2D eigenvalue weighted by Crippen LogP contribution is -2.50. The molecular formula is C18H28N2O3. The molecule has 1 aliphatic heterocycles. The molecule has 0 saturated carbocycles. The van der Waals surface area contributed by atoms with Crippen LogP contribution in [0.1, 0.15) is 45.2 Å². The van der Waals surface area contributed by atoms with Gasteiger partial charge in [0, 0.05) is 32.6 Å². The Bertz CT molecular complexity index is 505. The van der Waals surface area contributed by atoms with Crippen molar-refractivity contribution in [1.82, 2.24) is 10.6 Å². The summed E-state index contributed by atoms with van der Waals surface area (Å²) in [5.74, 6) is 0. The Morgan fingerprint density at radius 2 is 1.87 bits per heavy atom. The van der Waals surface area contributed by atoms with Gasteiger partial charge in [0.1, 0.15) is 0 Å². The van der Waals surface area contributed by atoms with E-state index < -0.39 is 5.60 Å². The van der Waals surface area contributed by atoms with Gasteiger partial charge in [-0.1, -0.05) is 51.1 Å². The molecule has 0 aliphatic carbocycles. The van der Waals surface area contributed by atoms with Crippen LogP contribution in [0.3, 0.4) is 0 Å². The van der Waals surface area contributed by atoms with Crippen LogP contribution >= 0.6 is 0 Å². The van der Waals surface area contributed by atoms with Gasteiger partial charge in [-0.25, -0.2) is 4.79 Å². The predicted octanol–water partition coefficient (Wildman–Crippen LogP) is 2.61. The number of aliphatic hydroxyl groups is 1. The molecule has 1 unspecified atom stereocenters. The van der Waals surface area contributed by atoms with E-state index in [1.165, 1.54) is 0 Å². The molecule has 0 spiro atoms. The lowest BCUT2D eigenvalue weighted by Gasteiger charge is -2.34. The topological polar surface area (TPSA) is 70.6 Å². The molecular weight excluding hydrogens is 292 g/mol. The molecule has 2 rings (SSSR count). The molecule has 1 aliphatic rings. The molecule has 1 aromatic carbocycles. The summed E-state index contributed by atoms with van der Waals surface area (Å²) in [5, 5.41) is 16.3. The SMILES string of the molecule is CC(C)(C)C(NC(=O)NCC1(O)CCOCC1)c1ccccc1. The van der Waals surface area contributed by atoms with Crippen molar-refractivity contribution in [1.29, 1.82) is 0 Å². The summed E-state index contributed by atoms with van der Waals surface area (Å²) >= 11 is 0. The number of hydrogen-bond donors (Lipinski definition) is 3. The van der Waals surface area contributed by atoms with Crippen molar-refractivity contribution in [2.45, 2.75) is 45.3 Å². The Balaban J connectivity index is 1.95. The fraction of sp³-hybridized carbons (Fsp3) is 0.611. The Morgan fingerprint density at radius 3 is 2.43 bits per heavy atom. The van der Waals surface area contributed by atoms with E-state index in [4.69, 9.17) is 4.74 Å². The summed E-state index contributed by atoms with van der Waals surface area (Å²) < 4.78 is 5.25. The van der Waals surface area contributed by atoms with Crippen LogP contribution in [0.15, 0.2) is 30.3 Å². The van der Waals surface area contributed by atoms with Crippen molar-refractivity contribution in [3.8, 4) is 0 Å². The van der Waals surface area contributed by atoms with Crippen LogP contribution in [-0.2, 0) is 4.74 Å². The average molecular weight is 320 g/mol. The van der Waals surface area contributed by atoms with Crippen LogP contribution in [0.5, 0.6) is 0 Å². The maximum Gasteiger partial charge on any atom is 0.315 e. The molecule has 1 aromatic rings. The highest BCUT2D eigenvalue weighted by Crippen LogP contribution is 2.32. The van der Waals surface area contributed by atoms with Gasteiger partial charge in [0.15, 0.2) is 0 Å². The number of carbonyl (C=O) groups excluding carboxylic acids is 1. The highest BCUT2D eigenvalue weighted by molar-refractivity contribution is 5.74. The van der Waals surface area contributed by atoms with Gasteiger partial charge in [-0.15, -0.1) is 0 Å². The minimum absolute atomic E-state index is 0.104. The summed E-state index contributed by atoms with van der Waals surface area (Å²) in [4.78, 5) is 12.3. The predicted molar refractivity (Wildman–Crippen MR) is 90.2 cm³/mol. The van der Waals surface area contributed by atoms with E-state index >= 15 is 0 Å². The molecule has 0 bridgehead atoms. The Hall–Kier alpha value is -1.59. The van der Waals surface area contributed by atoms with Crippen molar-refractivity contribution in [2.24, 2.45) is 5.41 Å². The van der Waals surface area contributed by atoms with Crippen molar-refractivity contribution in [3.05, 3.63) is 35.9 Å². The molecule has 128 valence electrons. The summed E-state index contributed by atoms with van der Waals surface area (Å²) in [6, 6.07) is 9.58. The number of carbonyl (C=O) groups is 1. The fourth-order valence-electron chi connectivity index (χ4n) is 2.80. The average Bonchev–Trinajstić information content (AvgIpc) is 2.51. The monoisotopic (exact) mass is 320 g/mol. The minimum Gasteiger partial charge on any atom is -0.388 e. The highest BCUT2D eigenvalue weighted by atomic mass is 16.5. The van der Waals surface area contributed by atoms with Crippen LogP contribution in [0.4, 0.5) is 4.79 Å². The first-order valence-electron chi connectivity index (χ1n) is 8.20. The van der Waals surface area contributed by atoms with Crippen molar-refractivity contribution < 1.29 is 14.6 Å². The van der Waals surface area contributed by atoms with Gasteiger partial charge in [0.05, 0.1) is 11.6 Å². The van der Waals surface area contributed by atoms with E-state index in [1.807, 2.05) is 30.3 Å². The van der Waals surface area contributed by atoms with E-state index in [0.717, 1.165) is 5.56 Å². The molecule has 3 N–H and O–H groups in total. The molecule has 5 heteroatoms. The summed E-state index contributed by atoms with van der Waals surface area (Å²) in [6.07, 6.45) is 1.10. The minimum atomic E-state index is -0.862. The second-order valence-electron chi connectivity index (χ2n) is 7.37. The molecule has 1 saturated heterocycles. The maximum absolute atomic E-state index is 12.3. The molecule has 1 fully saturated rings. The van der Waals surface area contributed by atoms with Crippen LogP contribution in [0, 0.1) is 5.41 Å². The van der Waals surface area contributed by atoms with Gasteiger partial charge in [-0.05, 0) is 11.0 Å². The number of ether oxygens (including phenoxy) is 1. The lowest BCUT2D eigenvalue weighted by molar-refractivity contribution is -0.0601. The lowest BCUT2D eigenvalue weighted by atomic mass is 9.82. The Kier molecular flexibility index (Phi) is 5.65. The summed E-state index contributed by atoms with van der Waals surface area (Å²) in [5.41, 5.74) is 0.0910. The van der Waals surface area contributed by atoms with Crippen molar-refractivity contribution in [3.63, 3.8) is 0 Å². The smallest absolute Gasteiger partial charge is 0.315 e. The van der Waals surface area contributed by atoms with Crippen molar-refractivity contribution in [2.75, 3.05) is 19.8 Å². The normalized spacial score (nSPS) is 19.0. The molecule has 0 radical (unpaired) electrons. The molecule has 1 heterocycles. The number of amides is 2. The van der Waals surface area contributed by atoms with Crippen LogP contribution in [0.25, 0.3) is 0 Å². The fourth-order valence-corrected chi connectivity index (χ4v) is 2.80. The van der Waals surface area contributed by atoms with Crippen LogP contribution in [0.2, 0.25) is 0 Å². The standard InChI is InChI=1S/C18H28N2O3/c1-17(2,3)15(14-7-5-4-6-8-14)20-16(21)19-13-18(22)9-11-23-12-10-18/h4-8,15,22H,9-13H2,1-3H3,(H2,19,20,21). The van der Waals surface area contributed by atoms with E-state index in [-0.39, 0.29) is 24.0 Å². The van der Waals surface area contributed by atoms with E-state index in [1.54, 1.807) is 0 Å². The zero-order valence-electron chi connectivity index (χ0n) is 14.3. The summed E-state index contributed by atoms with van der Waals surface area (Å²) in [6.45, 7) is 7.60. The molecule has 1 atom stereocenters. The third kappa shape index (κ3) is 5.22. The molecule has 23 heavy (non-hydrogen) atoms. The third-order valence-corrected chi connectivity index (χ3v) is 4.28. The van der Waals surface area contributed by atoms with Gasteiger partial charge in [0.2, 0.25) is 0 Å². The number of nitrogens with one attached hydrogen (secondary N) is 2. The van der Waals surface area contributed by atoms with Gasteiger partial charge in [-0.2, -0.15) is 0 Å². The Labute approximate surface area is 138 Å². The first kappa shape index (κ1) is 17.8. The second kappa shape index (κ2) is 7.32. The largest absolute Gasteiger partial charge is 0.388 e. The van der Waals surface area contributed by atoms with Gasteiger partial charge in [0.25, 0.3) is 0 Å². The highest BCUT2D eigenvalue weighted by Gasteiger charge is 2.31. The van der Waals surface area contributed by atoms with Gasteiger partial charge in [-0.3, -0.25) is 0 Å². The summed E-state index contributed by atoms with van der Waals surface area (Å²) in [7, 11) is 0. The first-order valence-corrected chi connectivity index (χ1v) is 8.20. The zero-order chi connectivity index (χ0) is 16.9. The van der Waals surface area contributed by atoms with Gasteiger partial charge >= 0.3 is 6.03 Å². The van der Waals surface area contributed by atoms with Crippen LogP contribution in [-0.4, -0.2) is 36.5 Å². The third-order valence-electron chi connectivity index (χ3n) is 4.28. The zero-order valence-corrected chi connectivity index (χ0v) is 14.3. The number of rotatable bonds is 4. The van der Waals surface area contributed by atoms with Gasteiger partial charge < -0.3 is 20.5 Å². The maximum atomic E-state index is 12.3. The first-order chi connectivity index (χ1) is 10.8. The number of hydrogen-bond acceptors (Lipinski definition) is 3. The molecule has 0 aromatic heterocycles. The van der Waals surface area contributed by atoms with E-state index in [9.17, 15) is 9.90 Å².